The lowest BCUT2D eigenvalue weighted by Gasteiger charge is -2.25. The Balaban J connectivity index is 2.05. The molecule has 1 saturated heterocycles. The summed E-state index contributed by atoms with van der Waals surface area (Å²) in [6.07, 6.45) is 7.09. The van der Waals surface area contributed by atoms with Crippen LogP contribution in [-0.2, 0) is 0 Å². The lowest BCUT2D eigenvalue weighted by atomic mass is 10.2. The van der Waals surface area contributed by atoms with E-state index in [0.717, 1.165) is 38.9 Å². The third kappa shape index (κ3) is 3.86. The van der Waals surface area contributed by atoms with E-state index in [1.807, 2.05) is 0 Å². The maximum absolute atomic E-state index is 10.6. The summed E-state index contributed by atoms with van der Waals surface area (Å²) in [4.78, 5) is 20.6. The fraction of sp³-hybridized carbons (Fsp3) is 0.692. The number of nitrogens with zero attached hydrogens (tertiary/aromatic N) is 4. The predicted molar refractivity (Wildman–Crippen MR) is 76.8 cm³/mol. The second kappa shape index (κ2) is 7.14. The highest BCUT2D eigenvalue weighted by atomic mass is 16.6. The largest absolute Gasteiger partial charge is 0.339 e. The fourth-order valence-electron chi connectivity index (χ4n) is 2.37. The van der Waals surface area contributed by atoms with E-state index in [9.17, 15) is 10.1 Å². The molecule has 0 aromatic carbocycles. The van der Waals surface area contributed by atoms with Gasteiger partial charge in [-0.1, -0.05) is 13.3 Å². The molecule has 1 unspecified atom stereocenters. The Morgan fingerprint density at radius 3 is 2.80 bits per heavy atom. The smallest absolute Gasteiger partial charge is 0.305 e. The normalized spacial score (nSPS) is 18.1. The van der Waals surface area contributed by atoms with Gasteiger partial charge >= 0.3 is 5.69 Å². The Labute approximate surface area is 118 Å². The van der Waals surface area contributed by atoms with Gasteiger partial charge in [0.25, 0.3) is 0 Å². The molecule has 1 aliphatic rings. The first kappa shape index (κ1) is 14.6. The van der Waals surface area contributed by atoms with Crippen LogP contribution in [0.1, 0.15) is 32.6 Å². The molecule has 110 valence electrons. The SMILES string of the molecule is CCCCN(CC1CCCN1)c1ncc([N+](=O)[O-])cn1. The number of aromatic nitrogens is 2. The van der Waals surface area contributed by atoms with Crippen LogP contribution in [0.3, 0.4) is 0 Å². The summed E-state index contributed by atoms with van der Waals surface area (Å²) in [5.74, 6) is 0.581. The summed E-state index contributed by atoms with van der Waals surface area (Å²) in [5.41, 5.74) is -0.0665. The Morgan fingerprint density at radius 1 is 1.50 bits per heavy atom. The average molecular weight is 279 g/mol. The van der Waals surface area contributed by atoms with Crippen molar-refractivity contribution in [2.45, 2.75) is 38.6 Å². The predicted octanol–water partition coefficient (Wildman–Crippen LogP) is 1.74. The molecule has 2 heterocycles. The second-order valence-electron chi connectivity index (χ2n) is 5.09. The van der Waals surface area contributed by atoms with Crippen molar-refractivity contribution < 1.29 is 4.92 Å². The second-order valence-corrected chi connectivity index (χ2v) is 5.09. The van der Waals surface area contributed by atoms with Crippen molar-refractivity contribution in [3.05, 3.63) is 22.5 Å². The average Bonchev–Trinajstić information content (AvgIpc) is 2.96. The van der Waals surface area contributed by atoms with Crippen molar-refractivity contribution in [2.75, 3.05) is 24.5 Å². The molecule has 0 bridgehead atoms. The van der Waals surface area contributed by atoms with Crippen molar-refractivity contribution in [3.8, 4) is 0 Å². The van der Waals surface area contributed by atoms with Crippen LogP contribution < -0.4 is 10.2 Å². The van der Waals surface area contributed by atoms with Crippen LogP contribution in [0.4, 0.5) is 11.6 Å². The molecule has 0 aliphatic carbocycles. The molecule has 1 aromatic heterocycles. The molecule has 7 nitrogen and oxygen atoms in total. The number of hydrogen-bond donors (Lipinski definition) is 1. The molecule has 0 radical (unpaired) electrons. The molecule has 0 saturated carbocycles. The molecule has 0 spiro atoms. The summed E-state index contributed by atoms with van der Waals surface area (Å²) < 4.78 is 0. The van der Waals surface area contributed by atoms with Crippen LogP contribution in [0.15, 0.2) is 12.4 Å². The van der Waals surface area contributed by atoms with Crippen molar-refractivity contribution in [1.29, 1.82) is 0 Å². The Hall–Kier alpha value is -1.76. The van der Waals surface area contributed by atoms with Gasteiger partial charge in [0.1, 0.15) is 12.4 Å². The number of rotatable bonds is 7. The van der Waals surface area contributed by atoms with Crippen molar-refractivity contribution >= 4 is 11.6 Å². The zero-order valence-electron chi connectivity index (χ0n) is 11.8. The Bertz CT molecular complexity index is 431. The van der Waals surface area contributed by atoms with Gasteiger partial charge in [-0.15, -0.1) is 0 Å². The van der Waals surface area contributed by atoms with Crippen molar-refractivity contribution in [1.82, 2.24) is 15.3 Å². The molecule has 1 aromatic rings. The van der Waals surface area contributed by atoms with Gasteiger partial charge in [-0.25, -0.2) is 9.97 Å². The summed E-state index contributed by atoms with van der Waals surface area (Å²) in [6, 6.07) is 0.464. The van der Waals surface area contributed by atoms with Crippen LogP contribution in [0.2, 0.25) is 0 Å². The molecule has 1 N–H and O–H groups in total. The van der Waals surface area contributed by atoms with E-state index in [0.29, 0.717) is 12.0 Å². The third-order valence-electron chi connectivity index (χ3n) is 3.50. The zero-order valence-corrected chi connectivity index (χ0v) is 11.8. The molecule has 7 heteroatoms. The highest BCUT2D eigenvalue weighted by Crippen LogP contribution is 2.15. The quantitative estimate of drug-likeness (QED) is 0.604. The van der Waals surface area contributed by atoms with Crippen LogP contribution in [0.25, 0.3) is 0 Å². The Kier molecular flexibility index (Phi) is 5.23. The first-order valence-corrected chi connectivity index (χ1v) is 7.15. The van der Waals surface area contributed by atoms with Gasteiger partial charge < -0.3 is 10.2 Å². The van der Waals surface area contributed by atoms with E-state index in [1.165, 1.54) is 18.8 Å². The minimum Gasteiger partial charge on any atom is -0.339 e. The van der Waals surface area contributed by atoms with Gasteiger partial charge in [0.15, 0.2) is 0 Å². The lowest BCUT2D eigenvalue weighted by molar-refractivity contribution is -0.385. The maximum Gasteiger partial charge on any atom is 0.305 e. The van der Waals surface area contributed by atoms with Crippen LogP contribution in [0, 0.1) is 10.1 Å². The molecule has 2 rings (SSSR count). The van der Waals surface area contributed by atoms with Gasteiger partial charge in [-0.3, -0.25) is 10.1 Å². The highest BCUT2D eigenvalue weighted by molar-refractivity contribution is 5.34. The Morgan fingerprint density at radius 2 is 2.25 bits per heavy atom. The van der Waals surface area contributed by atoms with Crippen LogP contribution in [0.5, 0.6) is 0 Å². The fourth-order valence-corrected chi connectivity index (χ4v) is 2.37. The lowest BCUT2D eigenvalue weighted by Crippen LogP contribution is -2.39. The highest BCUT2D eigenvalue weighted by Gasteiger charge is 2.20. The number of anilines is 1. The van der Waals surface area contributed by atoms with E-state index in [1.54, 1.807) is 0 Å². The van der Waals surface area contributed by atoms with E-state index in [4.69, 9.17) is 0 Å². The van der Waals surface area contributed by atoms with Gasteiger partial charge in [-0.05, 0) is 25.8 Å². The molecule has 1 atom stereocenters. The molecule has 20 heavy (non-hydrogen) atoms. The minimum absolute atomic E-state index is 0.0665. The number of nitrogens with one attached hydrogen (secondary N) is 1. The molecule has 0 amide bonds. The van der Waals surface area contributed by atoms with E-state index in [-0.39, 0.29) is 5.69 Å². The molecule has 1 aliphatic heterocycles. The van der Waals surface area contributed by atoms with Crippen LogP contribution >= 0.6 is 0 Å². The number of hydrogen-bond acceptors (Lipinski definition) is 6. The monoisotopic (exact) mass is 279 g/mol. The maximum atomic E-state index is 10.6. The van der Waals surface area contributed by atoms with Gasteiger partial charge in [0.05, 0.1) is 4.92 Å². The van der Waals surface area contributed by atoms with Crippen LogP contribution in [-0.4, -0.2) is 40.6 Å². The first-order valence-electron chi connectivity index (χ1n) is 7.15. The molecule has 1 fully saturated rings. The van der Waals surface area contributed by atoms with Gasteiger partial charge in [-0.2, -0.15) is 0 Å². The first-order chi connectivity index (χ1) is 9.70. The summed E-state index contributed by atoms with van der Waals surface area (Å²) in [6.45, 7) is 4.94. The zero-order chi connectivity index (χ0) is 14.4. The molecular weight excluding hydrogens is 258 g/mol. The van der Waals surface area contributed by atoms with Gasteiger partial charge in [0, 0.05) is 19.1 Å². The van der Waals surface area contributed by atoms with E-state index in [2.05, 4.69) is 27.1 Å². The standard InChI is InChI=1S/C13H21N5O2/c1-2-3-7-17(10-11-5-4-6-14-11)13-15-8-12(9-16-13)18(19)20/h8-9,11,14H,2-7,10H2,1H3. The topological polar surface area (TPSA) is 84.2 Å². The number of nitro groups is 1. The van der Waals surface area contributed by atoms with Gasteiger partial charge in [0.2, 0.25) is 5.95 Å². The minimum atomic E-state index is -0.474. The number of unbranched alkanes of at least 4 members (excludes halogenated alkanes) is 1. The summed E-state index contributed by atoms with van der Waals surface area (Å²) in [5, 5.41) is 14.1. The van der Waals surface area contributed by atoms with E-state index < -0.39 is 4.92 Å². The molecular formula is C13H21N5O2. The summed E-state index contributed by atoms with van der Waals surface area (Å²) in [7, 11) is 0. The van der Waals surface area contributed by atoms with Crippen molar-refractivity contribution in [2.24, 2.45) is 0 Å². The third-order valence-corrected chi connectivity index (χ3v) is 3.50. The van der Waals surface area contributed by atoms with E-state index >= 15 is 0 Å². The summed E-state index contributed by atoms with van der Waals surface area (Å²) >= 11 is 0. The van der Waals surface area contributed by atoms with Crippen molar-refractivity contribution in [3.63, 3.8) is 0 Å².